The number of fused-ring (bicyclic) bond motifs is 1. The molecule has 0 saturated carbocycles. The van der Waals surface area contributed by atoms with Crippen LogP contribution < -0.4 is 10.2 Å². The van der Waals surface area contributed by atoms with Crippen LogP contribution in [0.2, 0.25) is 0 Å². The first kappa shape index (κ1) is 18.6. The molecule has 0 atom stereocenters. The zero-order valence-electron chi connectivity index (χ0n) is 16.1. The number of carbonyl (C=O) groups is 2. The van der Waals surface area contributed by atoms with Gasteiger partial charge in [0.25, 0.3) is 5.91 Å². The van der Waals surface area contributed by atoms with Gasteiger partial charge in [0, 0.05) is 36.8 Å². The predicted molar refractivity (Wildman–Crippen MR) is 106 cm³/mol. The molecule has 0 fully saturated rings. The van der Waals surface area contributed by atoms with Crippen molar-refractivity contribution in [1.82, 2.24) is 14.8 Å². The molecule has 0 radical (unpaired) electrons. The lowest BCUT2D eigenvalue weighted by Crippen LogP contribution is -2.22. The Kier molecular flexibility index (Phi) is 4.94. The monoisotopic (exact) mass is 365 g/mol. The minimum atomic E-state index is -0.230. The van der Waals surface area contributed by atoms with E-state index in [1.807, 2.05) is 31.5 Å². The van der Waals surface area contributed by atoms with Crippen molar-refractivity contribution in [2.45, 2.75) is 33.7 Å². The summed E-state index contributed by atoms with van der Waals surface area (Å²) in [5, 5.41) is 8.06. The number of nitrogens with zero attached hydrogens (tertiary/aromatic N) is 4. The van der Waals surface area contributed by atoms with Gasteiger partial charge in [0.15, 0.2) is 5.65 Å². The van der Waals surface area contributed by atoms with Gasteiger partial charge in [0.05, 0.1) is 17.5 Å². The second-order valence-electron chi connectivity index (χ2n) is 6.80. The van der Waals surface area contributed by atoms with Crippen molar-refractivity contribution in [2.24, 2.45) is 0 Å². The summed E-state index contributed by atoms with van der Waals surface area (Å²) in [6.07, 6.45) is 1.73. The third-order valence-electron chi connectivity index (χ3n) is 4.48. The smallest absolute Gasteiger partial charge is 0.257 e. The Morgan fingerprint density at radius 1 is 1.19 bits per heavy atom. The highest BCUT2D eigenvalue weighted by Crippen LogP contribution is 2.21. The lowest BCUT2D eigenvalue weighted by molar-refractivity contribution is -0.116. The number of hydrogen-bond donors (Lipinski definition) is 1. The fourth-order valence-corrected chi connectivity index (χ4v) is 2.82. The van der Waals surface area contributed by atoms with Crippen molar-refractivity contribution in [2.75, 3.05) is 17.3 Å². The average Bonchev–Trinajstić information content (AvgIpc) is 3.03. The van der Waals surface area contributed by atoms with Gasteiger partial charge in [0.2, 0.25) is 5.91 Å². The molecule has 7 nitrogen and oxygen atoms in total. The molecule has 2 heterocycles. The van der Waals surface area contributed by atoms with Gasteiger partial charge >= 0.3 is 0 Å². The summed E-state index contributed by atoms with van der Waals surface area (Å²) in [7, 11) is 1.71. The van der Waals surface area contributed by atoms with E-state index in [4.69, 9.17) is 0 Å². The van der Waals surface area contributed by atoms with E-state index in [2.05, 4.69) is 15.4 Å². The minimum Gasteiger partial charge on any atom is -0.322 e. The van der Waals surface area contributed by atoms with Crippen molar-refractivity contribution in [3.8, 4) is 0 Å². The molecule has 0 unspecified atom stereocenters. The maximum Gasteiger partial charge on any atom is 0.257 e. The molecule has 0 aliphatic rings. The first-order chi connectivity index (χ1) is 12.8. The Bertz CT molecular complexity index is 1010. The zero-order chi connectivity index (χ0) is 19.7. The predicted octanol–water partition coefficient (Wildman–Crippen LogP) is 3.56. The van der Waals surface area contributed by atoms with E-state index in [0.717, 1.165) is 16.7 Å². The van der Waals surface area contributed by atoms with Crippen molar-refractivity contribution in [3.63, 3.8) is 0 Å². The van der Waals surface area contributed by atoms with Crippen LogP contribution in [0, 0.1) is 6.92 Å². The second kappa shape index (κ2) is 7.19. The van der Waals surface area contributed by atoms with Crippen LogP contribution in [0.25, 0.3) is 11.0 Å². The fourth-order valence-electron chi connectivity index (χ4n) is 2.82. The molecular weight excluding hydrogens is 342 g/mol. The van der Waals surface area contributed by atoms with Crippen LogP contribution in [0.1, 0.15) is 42.9 Å². The molecule has 2 aromatic heterocycles. The second-order valence-corrected chi connectivity index (χ2v) is 6.80. The van der Waals surface area contributed by atoms with E-state index < -0.39 is 0 Å². The van der Waals surface area contributed by atoms with Gasteiger partial charge in [0.1, 0.15) is 0 Å². The first-order valence-corrected chi connectivity index (χ1v) is 8.78. The summed E-state index contributed by atoms with van der Waals surface area (Å²) >= 11 is 0. The van der Waals surface area contributed by atoms with Crippen LogP contribution in [0.4, 0.5) is 11.4 Å². The number of nitrogens with one attached hydrogen (secondary N) is 1. The molecule has 1 aromatic carbocycles. The van der Waals surface area contributed by atoms with Gasteiger partial charge in [-0.2, -0.15) is 5.10 Å². The molecule has 2 amide bonds. The zero-order valence-corrected chi connectivity index (χ0v) is 16.1. The van der Waals surface area contributed by atoms with Gasteiger partial charge in [-0.05, 0) is 51.1 Å². The summed E-state index contributed by atoms with van der Waals surface area (Å²) in [4.78, 5) is 30.2. The van der Waals surface area contributed by atoms with Gasteiger partial charge < -0.3 is 10.2 Å². The highest BCUT2D eigenvalue weighted by molar-refractivity contribution is 6.06. The van der Waals surface area contributed by atoms with Crippen molar-refractivity contribution in [3.05, 3.63) is 47.8 Å². The number of anilines is 2. The number of benzene rings is 1. The van der Waals surface area contributed by atoms with E-state index in [1.54, 1.807) is 42.4 Å². The molecule has 3 aromatic rings. The van der Waals surface area contributed by atoms with Gasteiger partial charge in [-0.1, -0.05) is 0 Å². The number of aryl methyl sites for hydroxylation is 1. The quantitative estimate of drug-likeness (QED) is 0.767. The molecule has 0 spiro atoms. The van der Waals surface area contributed by atoms with Crippen LogP contribution in [0.5, 0.6) is 0 Å². The molecule has 0 aliphatic heterocycles. The number of rotatable bonds is 4. The van der Waals surface area contributed by atoms with Crippen molar-refractivity contribution in [1.29, 1.82) is 0 Å². The van der Waals surface area contributed by atoms with Gasteiger partial charge in [-0.15, -0.1) is 0 Å². The minimum absolute atomic E-state index is 0.0521. The molecule has 0 aliphatic carbocycles. The Hall–Kier alpha value is -3.22. The molecule has 0 bridgehead atoms. The largest absolute Gasteiger partial charge is 0.322 e. The van der Waals surface area contributed by atoms with E-state index in [-0.39, 0.29) is 17.9 Å². The molecule has 7 heteroatoms. The maximum atomic E-state index is 12.7. The highest BCUT2D eigenvalue weighted by Gasteiger charge is 2.15. The van der Waals surface area contributed by atoms with E-state index in [0.29, 0.717) is 16.9 Å². The third kappa shape index (κ3) is 3.67. The topological polar surface area (TPSA) is 80.1 Å². The SMILES string of the molecule is CC(=O)N(C)c1ccc(NC(=O)c2cc3cnn(C(C)C)c3nc2C)cc1. The molecule has 0 saturated heterocycles. The summed E-state index contributed by atoms with van der Waals surface area (Å²) in [5.74, 6) is -0.282. The van der Waals surface area contributed by atoms with Crippen LogP contribution in [-0.2, 0) is 4.79 Å². The molecular formula is C20H23N5O2. The number of aromatic nitrogens is 3. The molecule has 140 valence electrons. The van der Waals surface area contributed by atoms with Gasteiger partial charge in [-0.25, -0.2) is 9.67 Å². The highest BCUT2D eigenvalue weighted by atomic mass is 16.2. The Morgan fingerprint density at radius 3 is 2.44 bits per heavy atom. The van der Waals surface area contributed by atoms with E-state index in [9.17, 15) is 9.59 Å². The van der Waals surface area contributed by atoms with Crippen LogP contribution >= 0.6 is 0 Å². The summed E-state index contributed by atoms with van der Waals surface area (Å²) in [6.45, 7) is 7.40. The van der Waals surface area contributed by atoms with Crippen LogP contribution in [0.15, 0.2) is 36.5 Å². The molecule has 1 N–H and O–H groups in total. The molecule has 27 heavy (non-hydrogen) atoms. The Labute approximate surface area is 158 Å². The fraction of sp³-hybridized carbons (Fsp3) is 0.300. The Morgan fingerprint density at radius 2 is 1.85 bits per heavy atom. The van der Waals surface area contributed by atoms with Crippen LogP contribution in [0.3, 0.4) is 0 Å². The standard InChI is InChI=1S/C20H23N5O2/c1-12(2)25-19-15(11-21-25)10-18(13(3)22-19)20(27)23-16-6-8-17(9-7-16)24(5)14(4)26/h6-12H,1-5H3,(H,23,27). The summed E-state index contributed by atoms with van der Waals surface area (Å²) in [6, 6.07) is 9.13. The first-order valence-electron chi connectivity index (χ1n) is 8.78. The van der Waals surface area contributed by atoms with Crippen molar-refractivity contribution >= 4 is 34.2 Å². The average molecular weight is 365 g/mol. The van der Waals surface area contributed by atoms with Crippen LogP contribution in [-0.4, -0.2) is 33.6 Å². The Balaban J connectivity index is 1.84. The van der Waals surface area contributed by atoms with E-state index >= 15 is 0 Å². The third-order valence-corrected chi connectivity index (χ3v) is 4.48. The normalized spacial score (nSPS) is 11.0. The lowest BCUT2D eigenvalue weighted by Gasteiger charge is -2.15. The van der Waals surface area contributed by atoms with E-state index in [1.165, 1.54) is 6.92 Å². The number of amides is 2. The maximum absolute atomic E-state index is 12.7. The lowest BCUT2D eigenvalue weighted by atomic mass is 10.1. The number of pyridine rings is 1. The molecule has 3 rings (SSSR count). The number of hydrogen-bond acceptors (Lipinski definition) is 4. The summed E-state index contributed by atoms with van der Waals surface area (Å²) < 4.78 is 1.84. The van der Waals surface area contributed by atoms with Crippen molar-refractivity contribution < 1.29 is 9.59 Å². The van der Waals surface area contributed by atoms with Gasteiger partial charge in [-0.3, -0.25) is 9.59 Å². The number of carbonyl (C=O) groups excluding carboxylic acids is 2. The summed E-state index contributed by atoms with van der Waals surface area (Å²) in [5.41, 5.74) is 3.35.